The van der Waals surface area contributed by atoms with E-state index in [2.05, 4.69) is 5.32 Å². The molecule has 1 aliphatic heterocycles. The van der Waals surface area contributed by atoms with Gasteiger partial charge < -0.3 is 10.1 Å². The highest BCUT2D eigenvalue weighted by Crippen LogP contribution is 2.27. The molecular formula is C21H25Cl2N3O4S. The number of hydrogen-bond acceptors (Lipinski definition) is 5. The van der Waals surface area contributed by atoms with Crippen LogP contribution < -0.4 is 10.1 Å². The van der Waals surface area contributed by atoms with E-state index >= 15 is 0 Å². The summed E-state index contributed by atoms with van der Waals surface area (Å²) in [6, 6.07) is 11.6. The zero-order valence-corrected chi connectivity index (χ0v) is 19.7. The van der Waals surface area contributed by atoms with E-state index in [1.54, 1.807) is 42.5 Å². The fourth-order valence-electron chi connectivity index (χ4n) is 3.29. The Morgan fingerprint density at radius 2 is 1.74 bits per heavy atom. The highest BCUT2D eigenvalue weighted by molar-refractivity contribution is 7.89. The lowest BCUT2D eigenvalue weighted by atomic mass is 10.2. The number of sulfonamides is 1. The zero-order valence-electron chi connectivity index (χ0n) is 17.3. The number of aryl methyl sites for hydroxylation is 1. The average Bonchev–Trinajstić information content (AvgIpc) is 2.73. The minimum atomic E-state index is -3.52. The fourth-order valence-corrected chi connectivity index (χ4v) is 5.18. The van der Waals surface area contributed by atoms with Gasteiger partial charge in [-0.3, -0.25) is 9.69 Å². The van der Waals surface area contributed by atoms with Gasteiger partial charge in [0.1, 0.15) is 5.75 Å². The predicted molar refractivity (Wildman–Crippen MR) is 121 cm³/mol. The number of hydrogen-bond donors (Lipinski definition) is 1. The van der Waals surface area contributed by atoms with E-state index < -0.39 is 10.0 Å². The van der Waals surface area contributed by atoms with Crippen LogP contribution in [0.2, 0.25) is 10.0 Å². The van der Waals surface area contributed by atoms with Crippen molar-refractivity contribution in [2.75, 3.05) is 32.8 Å². The molecule has 1 amide bonds. The topological polar surface area (TPSA) is 79.0 Å². The molecule has 1 unspecified atom stereocenters. The molecule has 1 atom stereocenters. The number of rotatable bonds is 7. The van der Waals surface area contributed by atoms with Gasteiger partial charge in [-0.1, -0.05) is 40.9 Å². The van der Waals surface area contributed by atoms with Gasteiger partial charge in [-0.15, -0.1) is 0 Å². The van der Waals surface area contributed by atoms with Crippen LogP contribution in [0.1, 0.15) is 12.5 Å². The van der Waals surface area contributed by atoms with E-state index in [9.17, 15) is 13.2 Å². The SMILES string of the molecule is Cc1ccc(S(=O)(=O)N2CCN(C(C)NC(=O)COc3ccc(Cl)cc3Cl)CC2)cc1. The Bertz CT molecular complexity index is 1020. The molecule has 0 radical (unpaired) electrons. The first-order valence-electron chi connectivity index (χ1n) is 9.85. The van der Waals surface area contributed by atoms with Crippen LogP contribution in [0.4, 0.5) is 0 Å². The van der Waals surface area contributed by atoms with E-state index in [0.29, 0.717) is 46.9 Å². The third-order valence-electron chi connectivity index (χ3n) is 5.10. The number of nitrogens with zero attached hydrogens (tertiary/aromatic N) is 2. The fraction of sp³-hybridized carbons (Fsp3) is 0.381. The van der Waals surface area contributed by atoms with Crippen LogP contribution in [0.5, 0.6) is 5.75 Å². The Hall–Kier alpha value is -1.84. The van der Waals surface area contributed by atoms with Crippen LogP contribution in [0.3, 0.4) is 0 Å². The minimum absolute atomic E-state index is 0.187. The normalized spacial score (nSPS) is 16.6. The monoisotopic (exact) mass is 485 g/mol. The molecule has 0 spiro atoms. The smallest absolute Gasteiger partial charge is 0.259 e. The second-order valence-corrected chi connectivity index (χ2v) is 10.1. The Morgan fingerprint density at radius 3 is 2.35 bits per heavy atom. The standard InChI is InChI=1S/C21H25Cl2N3O4S/c1-15-3-6-18(7-4-15)31(28,29)26-11-9-25(10-12-26)16(2)24-21(27)14-30-20-8-5-17(22)13-19(20)23/h3-8,13,16H,9-12,14H2,1-2H3,(H,24,27). The summed E-state index contributed by atoms with van der Waals surface area (Å²) in [7, 11) is -3.52. The molecule has 1 aliphatic rings. The summed E-state index contributed by atoms with van der Waals surface area (Å²) >= 11 is 11.9. The molecule has 0 bridgehead atoms. The Kier molecular flexibility index (Phi) is 7.82. The van der Waals surface area contributed by atoms with Gasteiger partial charge in [0, 0.05) is 31.2 Å². The van der Waals surface area contributed by atoms with Crippen LogP contribution in [0, 0.1) is 6.92 Å². The van der Waals surface area contributed by atoms with Gasteiger partial charge in [0.05, 0.1) is 16.1 Å². The predicted octanol–water partition coefficient (Wildman–Crippen LogP) is 3.15. The molecule has 1 fully saturated rings. The van der Waals surface area contributed by atoms with E-state index in [0.717, 1.165) is 5.56 Å². The van der Waals surface area contributed by atoms with Crippen molar-refractivity contribution >= 4 is 39.1 Å². The second kappa shape index (κ2) is 10.2. The van der Waals surface area contributed by atoms with Crippen molar-refractivity contribution in [3.05, 3.63) is 58.1 Å². The minimum Gasteiger partial charge on any atom is -0.482 e. The molecule has 3 rings (SSSR count). The summed E-state index contributed by atoms with van der Waals surface area (Å²) in [4.78, 5) is 14.6. The number of halogens is 2. The summed E-state index contributed by atoms with van der Waals surface area (Å²) in [5.74, 6) is 0.0806. The molecule has 31 heavy (non-hydrogen) atoms. The summed E-state index contributed by atoms with van der Waals surface area (Å²) in [6.07, 6.45) is -0.263. The van der Waals surface area contributed by atoms with E-state index in [4.69, 9.17) is 27.9 Å². The quantitative estimate of drug-likeness (QED) is 0.651. The zero-order chi connectivity index (χ0) is 22.6. The first kappa shape index (κ1) is 23.8. The van der Waals surface area contributed by atoms with Crippen molar-refractivity contribution in [2.45, 2.75) is 24.9 Å². The molecule has 168 valence electrons. The molecule has 1 N–H and O–H groups in total. The Balaban J connectivity index is 1.48. The van der Waals surface area contributed by atoms with Crippen LogP contribution in [0.25, 0.3) is 0 Å². The highest BCUT2D eigenvalue weighted by atomic mass is 35.5. The summed E-state index contributed by atoms with van der Waals surface area (Å²) < 4.78 is 32.6. The molecular weight excluding hydrogens is 461 g/mol. The van der Waals surface area contributed by atoms with E-state index in [-0.39, 0.29) is 18.7 Å². The van der Waals surface area contributed by atoms with Crippen molar-refractivity contribution in [3.8, 4) is 5.75 Å². The van der Waals surface area contributed by atoms with Crippen molar-refractivity contribution in [1.29, 1.82) is 0 Å². The number of carbonyl (C=O) groups excluding carboxylic acids is 1. The van der Waals surface area contributed by atoms with Crippen molar-refractivity contribution in [3.63, 3.8) is 0 Å². The average molecular weight is 486 g/mol. The van der Waals surface area contributed by atoms with E-state index in [1.165, 1.54) is 4.31 Å². The number of piperazine rings is 1. The molecule has 0 aromatic heterocycles. The van der Waals surface area contributed by atoms with Crippen molar-refractivity contribution < 1.29 is 17.9 Å². The number of amides is 1. The molecule has 2 aromatic carbocycles. The third kappa shape index (κ3) is 6.11. The molecule has 0 saturated carbocycles. The summed E-state index contributed by atoms with van der Waals surface area (Å²) in [5, 5.41) is 3.68. The maximum absolute atomic E-state index is 12.8. The molecule has 1 heterocycles. The third-order valence-corrected chi connectivity index (χ3v) is 7.55. The number of carbonyl (C=O) groups is 1. The summed E-state index contributed by atoms with van der Waals surface area (Å²) in [5.41, 5.74) is 1.01. The number of ether oxygens (including phenoxy) is 1. The van der Waals surface area contributed by atoms with Gasteiger partial charge in [-0.05, 0) is 44.2 Å². The lowest BCUT2D eigenvalue weighted by Gasteiger charge is -2.37. The molecule has 2 aromatic rings. The second-order valence-electron chi connectivity index (χ2n) is 7.36. The van der Waals surface area contributed by atoms with Crippen molar-refractivity contribution in [2.24, 2.45) is 0 Å². The Labute approximate surface area is 192 Å². The van der Waals surface area contributed by atoms with Crippen LogP contribution >= 0.6 is 23.2 Å². The first-order chi connectivity index (χ1) is 14.7. The van der Waals surface area contributed by atoms with Gasteiger partial charge in [-0.2, -0.15) is 4.31 Å². The summed E-state index contributed by atoms with van der Waals surface area (Å²) in [6.45, 7) is 5.32. The van der Waals surface area contributed by atoms with Gasteiger partial charge >= 0.3 is 0 Å². The van der Waals surface area contributed by atoms with E-state index in [1.807, 2.05) is 18.7 Å². The van der Waals surface area contributed by atoms with Crippen molar-refractivity contribution in [1.82, 2.24) is 14.5 Å². The van der Waals surface area contributed by atoms with Crippen LogP contribution in [0.15, 0.2) is 47.4 Å². The van der Waals surface area contributed by atoms with Gasteiger partial charge in [0.25, 0.3) is 5.91 Å². The lowest BCUT2D eigenvalue weighted by molar-refractivity contribution is -0.125. The van der Waals surface area contributed by atoms with Gasteiger partial charge in [-0.25, -0.2) is 8.42 Å². The maximum atomic E-state index is 12.8. The largest absolute Gasteiger partial charge is 0.482 e. The van der Waals surface area contributed by atoms with Gasteiger partial charge in [0.2, 0.25) is 10.0 Å². The number of benzene rings is 2. The van der Waals surface area contributed by atoms with Crippen LogP contribution in [-0.4, -0.2) is 62.5 Å². The molecule has 1 saturated heterocycles. The molecule has 10 heteroatoms. The highest BCUT2D eigenvalue weighted by Gasteiger charge is 2.30. The first-order valence-corrected chi connectivity index (χ1v) is 12.0. The molecule has 0 aliphatic carbocycles. The number of nitrogens with one attached hydrogen (secondary N) is 1. The van der Waals surface area contributed by atoms with Crippen LogP contribution in [-0.2, 0) is 14.8 Å². The van der Waals surface area contributed by atoms with Gasteiger partial charge in [0.15, 0.2) is 6.61 Å². The Morgan fingerprint density at radius 1 is 1.10 bits per heavy atom. The lowest BCUT2D eigenvalue weighted by Crippen LogP contribution is -2.56. The maximum Gasteiger partial charge on any atom is 0.259 e. The molecule has 7 nitrogen and oxygen atoms in total.